The first kappa shape index (κ1) is 32.5. The van der Waals surface area contributed by atoms with Gasteiger partial charge in [-0.15, -0.1) is 0 Å². The molecular formula is C29H40N4O9+. The zero-order valence-electron chi connectivity index (χ0n) is 24.2. The van der Waals surface area contributed by atoms with E-state index in [1.54, 1.807) is 20.8 Å². The molecule has 1 aromatic rings. The van der Waals surface area contributed by atoms with Gasteiger partial charge < -0.3 is 25.2 Å². The van der Waals surface area contributed by atoms with Gasteiger partial charge in [0, 0.05) is 12.1 Å². The summed E-state index contributed by atoms with van der Waals surface area (Å²) in [5, 5.41) is 26.0. The normalized spacial score (nSPS) is 24.7. The lowest BCUT2D eigenvalue weighted by atomic mass is 10.0. The van der Waals surface area contributed by atoms with Crippen molar-refractivity contribution < 1.29 is 38.7 Å². The van der Waals surface area contributed by atoms with Crippen LogP contribution in [0.2, 0.25) is 0 Å². The van der Waals surface area contributed by atoms with Crippen molar-refractivity contribution in [3.8, 4) is 5.75 Å². The van der Waals surface area contributed by atoms with Gasteiger partial charge in [0.2, 0.25) is 6.04 Å². The van der Waals surface area contributed by atoms with Crippen LogP contribution in [0.5, 0.6) is 5.75 Å². The molecular weight excluding hydrogens is 548 g/mol. The molecule has 2 heterocycles. The average molecular weight is 589 g/mol. The third-order valence-electron chi connectivity index (χ3n) is 6.95. The van der Waals surface area contributed by atoms with Crippen molar-refractivity contribution in [3.05, 3.63) is 46.5 Å². The van der Waals surface area contributed by atoms with E-state index in [4.69, 9.17) is 9.47 Å². The Morgan fingerprint density at radius 3 is 2.40 bits per heavy atom. The molecule has 13 heteroatoms. The molecule has 0 aliphatic carbocycles. The number of nitro benzene ring substituents is 1. The van der Waals surface area contributed by atoms with Crippen molar-refractivity contribution in [1.82, 2.24) is 15.5 Å². The molecule has 1 fully saturated rings. The maximum absolute atomic E-state index is 13.9. The first-order valence-electron chi connectivity index (χ1n) is 14.2. The number of benzene rings is 1. The Kier molecular flexibility index (Phi) is 11.4. The van der Waals surface area contributed by atoms with Gasteiger partial charge in [0.25, 0.3) is 11.6 Å². The van der Waals surface area contributed by atoms with Gasteiger partial charge in [-0.3, -0.25) is 14.9 Å². The molecule has 2 aliphatic rings. The summed E-state index contributed by atoms with van der Waals surface area (Å²) in [6, 6.07) is 2.24. The number of nitrogens with zero attached hydrogens (tertiary/aromatic N) is 2. The number of carbonyl (C=O) groups is 4. The number of hydrogen-bond donors (Lipinski definition) is 3. The Balaban J connectivity index is 1.88. The molecule has 42 heavy (non-hydrogen) atoms. The van der Waals surface area contributed by atoms with E-state index >= 15 is 0 Å². The Bertz CT molecular complexity index is 1160. The largest absolute Gasteiger partial charge is 0.484 e. The zero-order chi connectivity index (χ0) is 30.9. The highest BCUT2D eigenvalue weighted by Crippen LogP contribution is 2.25. The number of nitrogens with one attached hydrogen (secondary N) is 2. The van der Waals surface area contributed by atoms with E-state index in [-0.39, 0.29) is 25.1 Å². The number of allylic oxidation sites excluding steroid dienone is 2. The highest BCUT2D eigenvalue weighted by molar-refractivity contribution is 5.95. The van der Waals surface area contributed by atoms with Crippen molar-refractivity contribution in [3.63, 3.8) is 0 Å². The molecule has 3 N–H and O–H groups in total. The number of nitro groups is 1. The summed E-state index contributed by atoms with van der Waals surface area (Å²) in [6.45, 7) is 5.11. The maximum atomic E-state index is 13.9. The van der Waals surface area contributed by atoms with Crippen molar-refractivity contribution in [2.24, 2.45) is 0 Å². The number of non-ortho nitro benzene ring substituents is 1. The van der Waals surface area contributed by atoms with Crippen LogP contribution in [-0.2, 0) is 19.1 Å². The van der Waals surface area contributed by atoms with Crippen LogP contribution in [0.15, 0.2) is 36.4 Å². The molecule has 0 saturated carbocycles. The van der Waals surface area contributed by atoms with E-state index in [1.807, 2.05) is 12.2 Å². The lowest BCUT2D eigenvalue weighted by Crippen LogP contribution is -2.58. The summed E-state index contributed by atoms with van der Waals surface area (Å²) in [4.78, 5) is 63.7. The third-order valence-corrected chi connectivity index (χ3v) is 6.95. The minimum atomic E-state index is -1.18. The Labute approximate surface area is 244 Å². The molecule has 1 aromatic carbocycles. The van der Waals surface area contributed by atoms with Crippen molar-refractivity contribution in [1.29, 1.82) is 0 Å². The number of fused-ring (bicyclic) bond motifs is 1. The van der Waals surface area contributed by atoms with Crippen LogP contribution < -0.4 is 20.3 Å². The number of amides is 3. The highest BCUT2D eigenvalue weighted by Gasteiger charge is 2.53. The summed E-state index contributed by atoms with van der Waals surface area (Å²) < 4.78 is 11.4. The quantitative estimate of drug-likeness (QED) is 0.201. The van der Waals surface area contributed by atoms with E-state index in [0.717, 1.165) is 19.3 Å². The summed E-state index contributed by atoms with van der Waals surface area (Å²) in [5.41, 5.74) is -0.902. The predicted octanol–water partition coefficient (Wildman–Crippen LogP) is 3.54. The van der Waals surface area contributed by atoms with Crippen molar-refractivity contribution in [2.45, 2.75) is 102 Å². The number of ether oxygens (including phenoxy) is 2. The van der Waals surface area contributed by atoms with E-state index in [0.29, 0.717) is 25.0 Å². The highest BCUT2D eigenvalue weighted by atomic mass is 16.6. The van der Waals surface area contributed by atoms with Gasteiger partial charge in [-0.1, -0.05) is 29.9 Å². The summed E-state index contributed by atoms with van der Waals surface area (Å²) in [7, 11) is 0. The lowest BCUT2D eigenvalue weighted by molar-refractivity contribution is -0.384. The summed E-state index contributed by atoms with van der Waals surface area (Å²) >= 11 is 0. The monoisotopic (exact) mass is 588 g/mol. The number of carboxylic acids is 1. The van der Waals surface area contributed by atoms with E-state index in [9.17, 15) is 34.4 Å². The minimum Gasteiger partial charge on any atom is -0.484 e. The SMILES string of the molecule is CC(C)(C)OC(=O)NC1CCCCCC=CCCC(C(=O)O)NC(=O)C2CC(Oc3ccc([N+](=O)[O-])cc3)C[N+]2C1=O. The average Bonchev–Trinajstić information content (AvgIpc) is 3.32. The standard InChI is InChI=1S/C29H40N4O9/c1-29(2,3)42-28(38)31-22-11-9-7-5-4-6-8-10-12-23(27(36)37)30-25(34)24-17-21(18-32(24)26(22)35)41-20-15-13-19(14-16-20)33(39)40/h6,8,13-16,21-24H,4-5,7,9-12,17-18H2,1-3H3,(H,30,34)(H,31,38)(H,36,37)/q+1. The molecule has 229 valence electrons. The fraction of sp³-hybridized carbons (Fsp3) is 0.586. The van der Waals surface area contributed by atoms with E-state index in [1.165, 1.54) is 29.2 Å². The van der Waals surface area contributed by atoms with Gasteiger partial charge in [-0.05, 0) is 65.0 Å². The van der Waals surface area contributed by atoms with Crippen molar-refractivity contribution >= 4 is 29.6 Å². The fourth-order valence-electron chi connectivity index (χ4n) is 4.93. The summed E-state index contributed by atoms with van der Waals surface area (Å²) in [5.74, 6) is -2.01. The molecule has 2 aliphatic heterocycles. The first-order valence-corrected chi connectivity index (χ1v) is 14.2. The number of hydrogen-bond acceptors (Lipinski definition) is 8. The second-order valence-electron chi connectivity index (χ2n) is 11.5. The molecule has 4 unspecified atom stereocenters. The number of alkyl carbamates (subject to hydrolysis) is 1. The predicted molar refractivity (Wildman–Crippen MR) is 152 cm³/mol. The van der Waals surface area contributed by atoms with Crippen LogP contribution in [0.4, 0.5) is 10.5 Å². The number of aliphatic carboxylic acids is 1. The number of carboxylic acid groups (broad SMARTS) is 1. The van der Waals surface area contributed by atoms with Gasteiger partial charge >= 0.3 is 18.0 Å². The molecule has 1 saturated heterocycles. The Morgan fingerprint density at radius 2 is 1.76 bits per heavy atom. The zero-order valence-corrected chi connectivity index (χ0v) is 24.2. The van der Waals surface area contributed by atoms with Crippen LogP contribution in [0.1, 0.15) is 72.1 Å². The Hall–Kier alpha value is -4.00. The van der Waals surface area contributed by atoms with Crippen LogP contribution in [-0.4, -0.2) is 70.3 Å². The van der Waals surface area contributed by atoms with Crippen LogP contribution in [0, 0.1) is 10.1 Å². The molecule has 1 radical (unpaired) electrons. The van der Waals surface area contributed by atoms with Crippen molar-refractivity contribution in [2.75, 3.05) is 6.54 Å². The van der Waals surface area contributed by atoms with Crippen LogP contribution in [0.3, 0.4) is 0 Å². The number of rotatable bonds is 5. The Morgan fingerprint density at radius 1 is 1.07 bits per heavy atom. The topological polar surface area (TPSA) is 180 Å². The van der Waals surface area contributed by atoms with E-state index < -0.39 is 58.6 Å². The molecule has 3 amide bonds. The maximum Gasteiger partial charge on any atom is 0.408 e. The van der Waals surface area contributed by atoms with Gasteiger partial charge in [0.05, 0.1) is 11.3 Å². The van der Waals surface area contributed by atoms with Crippen LogP contribution in [0.25, 0.3) is 0 Å². The first-order chi connectivity index (χ1) is 19.8. The second kappa shape index (κ2) is 14.8. The second-order valence-corrected chi connectivity index (χ2v) is 11.5. The van der Waals surface area contributed by atoms with Gasteiger partial charge in [0.1, 0.15) is 17.4 Å². The minimum absolute atomic E-state index is 0.0130. The molecule has 4 atom stereocenters. The van der Waals surface area contributed by atoms with Crippen LogP contribution >= 0.6 is 0 Å². The molecule has 13 nitrogen and oxygen atoms in total. The van der Waals surface area contributed by atoms with Gasteiger partial charge in [0.15, 0.2) is 18.7 Å². The molecule has 0 bridgehead atoms. The molecule has 0 spiro atoms. The molecule has 0 aromatic heterocycles. The van der Waals surface area contributed by atoms with Gasteiger partial charge in [-0.25, -0.2) is 14.4 Å². The number of carbonyl (C=O) groups excluding carboxylic acids is 3. The molecule has 3 rings (SSSR count). The third kappa shape index (κ3) is 9.82. The fourth-order valence-corrected chi connectivity index (χ4v) is 4.93. The van der Waals surface area contributed by atoms with E-state index in [2.05, 4.69) is 10.6 Å². The van der Waals surface area contributed by atoms with Gasteiger partial charge in [-0.2, -0.15) is 0 Å². The lowest BCUT2D eigenvalue weighted by Gasteiger charge is -2.23. The summed E-state index contributed by atoms with van der Waals surface area (Å²) in [6.07, 6.45) is 6.59. The smallest absolute Gasteiger partial charge is 0.408 e.